The monoisotopic (exact) mass is 239 g/mol. The zero-order valence-electron chi connectivity index (χ0n) is 8.35. The number of benzene rings is 1. The zero-order chi connectivity index (χ0) is 11.4. The van der Waals surface area contributed by atoms with Crippen LogP contribution in [0.5, 0.6) is 5.75 Å². The van der Waals surface area contributed by atoms with E-state index in [1.54, 1.807) is 18.2 Å². The van der Waals surface area contributed by atoms with Crippen LogP contribution in [0.15, 0.2) is 29.1 Å². The highest BCUT2D eigenvalue weighted by atomic mass is 35.5. The van der Waals surface area contributed by atoms with Gasteiger partial charge in [0.15, 0.2) is 5.82 Å². The zero-order valence-corrected chi connectivity index (χ0v) is 9.11. The Bertz CT molecular complexity index is 459. The predicted molar refractivity (Wildman–Crippen MR) is 58.0 cm³/mol. The number of halogens is 1. The van der Waals surface area contributed by atoms with E-state index in [-0.39, 0.29) is 5.75 Å². The van der Waals surface area contributed by atoms with Crippen LogP contribution in [-0.2, 0) is 13.1 Å². The lowest BCUT2D eigenvalue weighted by Crippen LogP contribution is -2.13. The van der Waals surface area contributed by atoms with Gasteiger partial charge in [-0.15, -0.1) is 0 Å². The van der Waals surface area contributed by atoms with Gasteiger partial charge in [-0.2, -0.15) is 4.98 Å². The van der Waals surface area contributed by atoms with Crippen molar-refractivity contribution >= 4 is 11.6 Å². The fourth-order valence-corrected chi connectivity index (χ4v) is 1.45. The molecule has 0 spiro atoms. The minimum absolute atomic E-state index is 0.0867. The van der Waals surface area contributed by atoms with Gasteiger partial charge in [0.2, 0.25) is 6.39 Å². The number of nitrogens with one attached hydrogen (secondary N) is 1. The summed E-state index contributed by atoms with van der Waals surface area (Å²) in [6.45, 7) is 1.14. The first-order valence-corrected chi connectivity index (χ1v) is 5.07. The van der Waals surface area contributed by atoms with Crippen molar-refractivity contribution in [3.63, 3.8) is 0 Å². The summed E-state index contributed by atoms with van der Waals surface area (Å²) in [4.78, 5) is 3.87. The molecular formula is C10H10ClN3O2. The fourth-order valence-electron chi connectivity index (χ4n) is 1.25. The second kappa shape index (κ2) is 4.96. The molecule has 0 unspecified atom stereocenters. The minimum Gasteiger partial charge on any atom is -0.506 e. The molecule has 1 aromatic heterocycles. The maximum Gasteiger partial charge on any atom is 0.213 e. The van der Waals surface area contributed by atoms with Gasteiger partial charge in [-0.25, -0.2) is 0 Å². The van der Waals surface area contributed by atoms with Crippen LogP contribution in [0.1, 0.15) is 11.4 Å². The molecule has 0 bridgehead atoms. The van der Waals surface area contributed by atoms with Crippen LogP contribution in [0.2, 0.25) is 5.02 Å². The third-order valence-corrected chi connectivity index (χ3v) is 2.33. The molecule has 84 valence electrons. The predicted octanol–water partition coefficient (Wildman–Crippen LogP) is 1.72. The van der Waals surface area contributed by atoms with E-state index in [1.807, 2.05) is 0 Å². The number of hydrogen-bond donors (Lipinski definition) is 2. The third-order valence-electron chi connectivity index (χ3n) is 2.03. The number of aromatic nitrogens is 2. The summed E-state index contributed by atoms with van der Waals surface area (Å²) in [5, 5.41) is 16.4. The number of rotatable bonds is 4. The van der Waals surface area contributed by atoms with Crippen LogP contribution in [0.25, 0.3) is 0 Å². The Morgan fingerprint density at radius 3 is 2.94 bits per heavy atom. The Kier molecular flexibility index (Phi) is 3.38. The first-order valence-electron chi connectivity index (χ1n) is 4.69. The molecule has 16 heavy (non-hydrogen) atoms. The topological polar surface area (TPSA) is 71.2 Å². The highest BCUT2D eigenvalue weighted by molar-refractivity contribution is 6.32. The molecule has 1 aromatic carbocycles. The van der Waals surface area contributed by atoms with Crippen molar-refractivity contribution in [2.75, 3.05) is 0 Å². The molecule has 0 aliphatic rings. The summed E-state index contributed by atoms with van der Waals surface area (Å²) in [7, 11) is 0. The Labute approximate surface area is 97.1 Å². The van der Waals surface area contributed by atoms with E-state index >= 15 is 0 Å². The van der Waals surface area contributed by atoms with Gasteiger partial charge in [0.05, 0.1) is 11.6 Å². The molecule has 0 atom stereocenters. The Morgan fingerprint density at radius 1 is 1.38 bits per heavy atom. The quantitative estimate of drug-likeness (QED) is 0.850. The Morgan fingerprint density at radius 2 is 2.25 bits per heavy atom. The Balaban J connectivity index is 1.87. The molecule has 0 aliphatic carbocycles. The third kappa shape index (κ3) is 2.71. The van der Waals surface area contributed by atoms with Crippen molar-refractivity contribution in [3.05, 3.63) is 41.0 Å². The Hall–Kier alpha value is -1.59. The van der Waals surface area contributed by atoms with E-state index in [9.17, 15) is 5.11 Å². The van der Waals surface area contributed by atoms with Gasteiger partial charge < -0.3 is 14.9 Å². The molecule has 6 heteroatoms. The molecule has 0 radical (unpaired) electrons. The average molecular weight is 240 g/mol. The summed E-state index contributed by atoms with van der Waals surface area (Å²) in [6.07, 6.45) is 1.29. The van der Waals surface area contributed by atoms with Crippen LogP contribution in [0.4, 0.5) is 0 Å². The molecule has 0 saturated carbocycles. The molecule has 2 aromatic rings. The molecule has 2 N–H and O–H groups in total. The van der Waals surface area contributed by atoms with Gasteiger partial charge in [0.1, 0.15) is 5.75 Å². The normalized spacial score (nSPS) is 10.6. The average Bonchev–Trinajstić information content (AvgIpc) is 2.76. The molecule has 0 saturated heterocycles. The molecule has 0 amide bonds. The van der Waals surface area contributed by atoms with Crippen molar-refractivity contribution in [1.29, 1.82) is 0 Å². The molecule has 0 fully saturated rings. The molecule has 1 heterocycles. The summed E-state index contributed by atoms with van der Waals surface area (Å²) in [6, 6.07) is 5.07. The van der Waals surface area contributed by atoms with E-state index < -0.39 is 0 Å². The summed E-state index contributed by atoms with van der Waals surface area (Å²) in [5.74, 6) is 0.688. The first-order chi connectivity index (χ1) is 7.75. The maximum atomic E-state index is 9.23. The van der Waals surface area contributed by atoms with Crippen molar-refractivity contribution < 1.29 is 9.63 Å². The number of aromatic hydroxyl groups is 1. The van der Waals surface area contributed by atoms with Crippen molar-refractivity contribution in [2.24, 2.45) is 0 Å². The van der Waals surface area contributed by atoms with E-state index in [1.165, 1.54) is 6.39 Å². The first kappa shape index (κ1) is 10.9. The van der Waals surface area contributed by atoms with Gasteiger partial charge in [-0.3, -0.25) is 0 Å². The molecular weight excluding hydrogens is 230 g/mol. The van der Waals surface area contributed by atoms with Gasteiger partial charge in [-0.1, -0.05) is 22.8 Å². The van der Waals surface area contributed by atoms with Crippen LogP contribution in [0, 0.1) is 0 Å². The summed E-state index contributed by atoms with van der Waals surface area (Å²) >= 11 is 5.77. The van der Waals surface area contributed by atoms with E-state index in [2.05, 4.69) is 20.0 Å². The van der Waals surface area contributed by atoms with Gasteiger partial charge >= 0.3 is 0 Å². The van der Waals surface area contributed by atoms with Crippen LogP contribution >= 0.6 is 11.6 Å². The lowest BCUT2D eigenvalue weighted by Gasteiger charge is -2.03. The van der Waals surface area contributed by atoms with Crippen molar-refractivity contribution in [3.8, 4) is 5.75 Å². The van der Waals surface area contributed by atoms with E-state index in [4.69, 9.17) is 11.6 Å². The van der Waals surface area contributed by atoms with Crippen LogP contribution in [-0.4, -0.2) is 15.2 Å². The maximum absolute atomic E-state index is 9.23. The van der Waals surface area contributed by atoms with Gasteiger partial charge in [0.25, 0.3) is 0 Å². The second-order valence-electron chi connectivity index (χ2n) is 3.24. The second-order valence-corrected chi connectivity index (χ2v) is 3.64. The van der Waals surface area contributed by atoms with E-state index in [0.29, 0.717) is 23.9 Å². The number of phenolic OH excluding ortho intramolecular Hbond substituents is 1. The van der Waals surface area contributed by atoms with Crippen LogP contribution in [0.3, 0.4) is 0 Å². The summed E-state index contributed by atoms with van der Waals surface area (Å²) < 4.78 is 4.60. The molecule has 0 aliphatic heterocycles. The highest BCUT2D eigenvalue weighted by Crippen LogP contribution is 2.23. The number of phenols is 1. The largest absolute Gasteiger partial charge is 0.506 e. The highest BCUT2D eigenvalue weighted by Gasteiger charge is 2.01. The van der Waals surface area contributed by atoms with Crippen molar-refractivity contribution in [1.82, 2.24) is 15.5 Å². The van der Waals surface area contributed by atoms with Crippen LogP contribution < -0.4 is 5.32 Å². The van der Waals surface area contributed by atoms with E-state index in [0.717, 1.165) is 5.56 Å². The smallest absolute Gasteiger partial charge is 0.213 e. The summed E-state index contributed by atoms with van der Waals surface area (Å²) in [5.41, 5.74) is 0.978. The number of nitrogens with zero attached hydrogens (tertiary/aromatic N) is 2. The SMILES string of the molecule is Oc1ccc(CNCc2ncon2)cc1Cl. The molecule has 2 rings (SSSR count). The number of hydrogen-bond acceptors (Lipinski definition) is 5. The standard InChI is InChI=1S/C10H10ClN3O2/c11-8-3-7(1-2-9(8)15)4-12-5-10-13-6-16-14-10/h1-3,6,12,15H,4-5H2. The lowest BCUT2D eigenvalue weighted by atomic mass is 10.2. The minimum atomic E-state index is 0.0867. The fraction of sp³-hybridized carbons (Fsp3) is 0.200. The van der Waals surface area contributed by atoms with Gasteiger partial charge in [-0.05, 0) is 17.7 Å². The van der Waals surface area contributed by atoms with Gasteiger partial charge in [0, 0.05) is 6.54 Å². The lowest BCUT2D eigenvalue weighted by molar-refractivity contribution is 0.407. The van der Waals surface area contributed by atoms with Crippen molar-refractivity contribution in [2.45, 2.75) is 13.1 Å². The molecule has 5 nitrogen and oxygen atoms in total.